The number of rotatable bonds is 3. The summed E-state index contributed by atoms with van der Waals surface area (Å²) in [6, 6.07) is 20.2. The fourth-order valence-electron chi connectivity index (χ4n) is 1.85. The first kappa shape index (κ1) is 10.9. The van der Waals surface area contributed by atoms with Crippen LogP contribution in [0.15, 0.2) is 48.5 Å². The maximum absolute atomic E-state index is 3.32. The number of hydrogen-bond acceptors (Lipinski definition) is 1. The van der Waals surface area contributed by atoms with Gasteiger partial charge in [0.15, 0.2) is 0 Å². The Balaban J connectivity index is 2.33. The second kappa shape index (κ2) is 4.95. The Morgan fingerprint density at radius 3 is 2.38 bits per heavy atom. The van der Waals surface area contributed by atoms with Crippen LogP contribution in [0, 0.1) is 13.0 Å². The zero-order chi connectivity index (χ0) is 11.4. The quantitative estimate of drug-likeness (QED) is 0.820. The van der Waals surface area contributed by atoms with Crippen LogP contribution in [0.3, 0.4) is 0 Å². The second-order valence-corrected chi connectivity index (χ2v) is 3.95. The van der Waals surface area contributed by atoms with Gasteiger partial charge in [0.05, 0.1) is 6.04 Å². The van der Waals surface area contributed by atoms with E-state index in [2.05, 4.69) is 48.6 Å². The molecule has 0 aliphatic carbocycles. The molecule has 1 radical (unpaired) electrons. The van der Waals surface area contributed by atoms with Crippen molar-refractivity contribution < 1.29 is 0 Å². The van der Waals surface area contributed by atoms with Crippen LogP contribution in [0.5, 0.6) is 0 Å². The number of nitrogens with one attached hydrogen (secondary N) is 1. The summed E-state index contributed by atoms with van der Waals surface area (Å²) in [5.41, 5.74) is 3.74. The van der Waals surface area contributed by atoms with Gasteiger partial charge in [-0.05, 0) is 31.2 Å². The Bertz CT molecular complexity index is 431. The Hall–Kier alpha value is -1.60. The van der Waals surface area contributed by atoms with Gasteiger partial charge in [-0.3, -0.25) is 0 Å². The topological polar surface area (TPSA) is 12.0 Å². The van der Waals surface area contributed by atoms with E-state index in [1.165, 1.54) is 16.7 Å². The Morgan fingerprint density at radius 1 is 1.06 bits per heavy atom. The van der Waals surface area contributed by atoms with Crippen molar-refractivity contribution in [2.45, 2.75) is 13.0 Å². The maximum atomic E-state index is 3.32. The average Bonchev–Trinajstić information content (AvgIpc) is 2.34. The van der Waals surface area contributed by atoms with E-state index >= 15 is 0 Å². The van der Waals surface area contributed by atoms with Gasteiger partial charge in [-0.15, -0.1) is 0 Å². The first-order valence-corrected chi connectivity index (χ1v) is 5.51. The molecule has 2 aromatic carbocycles. The van der Waals surface area contributed by atoms with Crippen LogP contribution >= 0.6 is 0 Å². The van der Waals surface area contributed by atoms with E-state index in [1.807, 2.05) is 25.2 Å². The van der Waals surface area contributed by atoms with Gasteiger partial charge in [0.25, 0.3) is 0 Å². The van der Waals surface area contributed by atoms with E-state index in [1.54, 1.807) is 0 Å². The molecule has 16 heavy (non-hydrogen) atoms. The summed E-state index contributed by atoms with van der Waals surface area (Å²) < 4.78 is 0. The number of benzene rings is 2. The Kier molecular flexibility index (Phi) is 3.37. The third kappa shape index (κ3) is 2.31. The molecular weight excluding hydrogens is 194 g/mol. The Morgan fingerprint density at radius 2 is 1.81 bits per heavy atom. The van der Waals surface area contributed by atoms with Gasteiger partial charge >= 0.3 is 0 Å². The van der Waals surface area contributed by atoms with Gasteiger partial charge in [-0.25, -0.2) is 0 Å². The van der Waals surface area contributed by atoms with Gasteiger partial charge in [0.2, 0.25) is 0 Å². The summed E-state index contributed by atoms with van der Waals surface area (Å²) in [6.45, 7) is 2.10. The molecule has 0 aliphatic heterocycles. The third-order valence-electron chi connectivity index (χ3n) is 2.74. The third-order valence-corrected chi connectivity index (χ3v) is 2.74. The highest BCUT2D eigenvalue weighted by Crippen LogP contribution is 2.21. The zero-order valence-electron chi connectivity index (χ0n) is 9.70. The van der Waals surface area contributed by atoms with Crippen LogP contribution in [-0.4, -0.2) is 7.05 Å². The molecule has 0 spiro atoms. The van der Waals surface area contributed by atoms with Crippen LogP contribution < -0.4 is 5.32 Å². The minimum absolute atomic E-state index is 0.224. The molecular formula is C15H16N. The lowest BCUT2D eigenvalue weighted by molar-refractivity contribution is 0.691. The molecule has 0 amide bonds. The summed E-state index contributed by atoms with van der Waals surface area (Å²) in [5, 5.41) is 3.32. The minimum Gasteiger partial charge on any atom is -0.309 e. The van der Waals surface area contributed by atoms with Crippen molar-refractivity contribution in [2.75, 3.05) is 7.05 Å². The first-order chi connectivity index (χ1) is 7.81. The highest BCUT2D eigenvalue weighted by Gasteiger charge is 2.10. The second-order valence-electron chi connectivity index (χ2n) is 3.95. The molecule has 1 nitrogen and oxygen atoms in total. The van der Waals surface area contributed by atoms with Crippen LogP contribution in [0.25, 0.3) is 0 Å². The van der Waals surface area contributed by atoms with Crippen LogP contribution in [0.2, 0.25) is 0 Å². The molecule has 0 fully saturated rings. The summed E-state index contributed by atoms with van der Waals surface area (Å²) in [6.07, 6.45) is 0. The first-order valence-electron chi connectivity index (χ1n) is 5.51. The van der Waals surface area contributed by atoms with Crippen LogP contribution in [0.4, 0.5) is 0 Å². The van der Waals surface area contributed by atoms with E-state index in [4.69, 9.17) is 0 Å². The van der Waals surface area contributed by atoms with Crippen molar-refractivity contribution >= 4 is 0 Å². The van der Waals surface area contributed by atoms with E-state index in [-0.39, 0.29) is 6.04 Å². The van der Waals surface area contributed by atoms with Gasteiger partial charge in [-0.2, -0.15) is 0 Å². The van der Waals surface area contributed by atoms with Gasteiger partial charge < -0.3 is 5.32 Å². The predicted molar refractivity (Wildman–Crippen MR) is 67.4 cm³/mol. The molecule has 0 aliphatic rings. The molecule has 1 atom stereocenters. The minimum atomic E-state index is 0.224. The monoisotopic (exact) mass is 210 g/mol. The van der Waals surface area contributed by atoms with E-state index in [9.17, 15) is 0 Å². The highest BCUT2D eigenvalue weighted by atomic mass is 14.9. The predicted octanol–water partition coefficient (Wildman–Crippen LogP) is 3.10. The van der Waals surface area contributed by atoms with E-state index in [0.29, 0.717) is 0 Å². The molecule has 0 saturated carbocycles. The van der Waals surface area contributed by atoms with Crippen molar-refractivity contribution in [3.05, 3.63) is 71.3 Å². The van der Waals surface area contributed by atoms with Gasteiger partial charge in [-0.1, -0.05) is 54.1 Å². The van der Waals surface area contributed by atoms with Gasteiger partial charge in [0.1, 0.15) is 0 Å². The van der Waals surface area contributed by atoms with Crippen LogP contribution in [-0.2, 0) is 0 Å². The fraction of sp³-hybridized carbons (Fsp3) is 0.200. The molecule has 1 N–H and O–H groups in total. The largest absolute Gasteiger partial charge is 0.309 e. The van der Waals surface area contributed by atoms with Crippen molar-refractivity contribution in [1.29, 1.82) is 0 Å². The molecule has 1 unspecified atom stereocenters. The summed E-state index contributed by atoms with van der Waals surface area (Å²) in [5.74, 6) is 0. The lowest BCUT2D eigenvalue weighted by Gasteiger charge is -2.16. The fourth-order valence-corrected chi connectivity index (χ4v) is 1.85. The summed E-state index contributed by atoms with van der Waals surface area (Å²) in [4.78, 5) is 0. The molecule has 81 valence electrons. The normalized spacial score (nSPS) is 12.4. The molecule has 0 bridgehead atoms. The SMILES string of the molecule is CNC(c1[c]cccc1)c1ccc(C)cc1. The van der Waals surface area contributed by atoms with E-state index < -0.39 is 0 Å². The molecule has 2 rings (SSSR count). The molecule has 0 heterocycles. The lowest BCUT2D eigenvalue weighted by atomic mass is 9.98. The van der Waals surface area contributed by atoms with Gasteiger partial charge in [0, 0.05) is 0 Å². The van der Waals surface area contributed by atoms with Crippen LogP contribution in [0.1, 0.15) is 22.7 Å². The Labute approximate surface area is 97.1 Å². The molecule has 1 heteroatoms. The smallest absolute Gasteiger partial charge is 0.0580 e. The number of aryl methyl sites for hydroxylation is 1. The van der Waals surface area contributed by atoms with E-state index in [0.717, 1.165) is 0 Å². The zero-order valence-corrected chi connectivity index (χ0v) is 9.70. The lowest BCUT2D eigenvalue weighted by Crippen LogP contribution is -2.17. The standard InChI is InChI=1S/C15H16N/c1-12-8-10-14(11-9-12)15(16-2)13-6-4-3-5-7-13/h3-6,8-11,15-16H,1-2H3. The van der Waals surface area contributed by atoms with Crippen molar-refractivity contribution in [3.63, 3.8) is 0 Å². The molecule has 2 aromatic rings. The average molecular weight is 210 g/mol. The highest BCUT2D eigenvalue weighted by molar-refractivity contribution is 5.32. The maximum Gasteiger partial charge on any atom is 0.0580 e. The van der Waals surface area contributed by atoms with Crippen molar-refractivity contribution in [2.24, 2.45) is 0 Å². The van der Waals surface area contributed by atoms with Crippen molar-refractivity contribution in [1.82, 2.24) is 5.32 Å². The summed E-state index contributed by atoms with van der Waals surface area (Å²) in [7, 11) is 1.98. The summed E-state index contributed by atoms with van der Waals surface area (Å²) >= 11 is 0. The molecule has 0 aromatic heterocycles. The van der Waals surface area contributed by atoms with Crippen molar-refractivity contribution in [3.8, 4) is 0 Å². The molecule has 0 saturated heterocycles. The number of hydrogen-bond donors (Lipinski definition) is 1.